The molecule has 2 saturated heterocycles. The maximum atomic E-state index is 13.9. The molecule has 1 aromatic heterocycles. The average Bonchev–Trinajstić information content (AvgIpc) is 2.98. The fourth-order valence-electron chi connectivity index (χ4n) is 3.06. The molecular formula is C13H14F2N2O3. The van der Waals surface area contributed by atoms with Crippen LogP contribution in [0.25, 0.3) is 0 Å². The quantitative estimate of drug-likeness (QED) is 0.844. The molecule has 3 rings (SSSR count). The van der Waals surface area contributed by atoms with Gasteiger partial charge in [-0.3, -0.25) is 9.59 Å². The summed E-state index contributed by atoms with van der Waals surface area (Å²) in [5, 5.41) is 2.58. The second-order valence-corrected chi connectivity index (χ2v) is 5.49. The summed E-state index contributed by atoms with van der Waals surface area (Å²) < 4.78 is 32.7. The third kappa shape index (κ3) is 2.07. The van der Waals surface area contributed by atoms with Crippen molar-refractivity contribution in [2.45, 2.75) is 18.8 Å². The fraction of sp³-hybridized carbons (Fsp3) is 0.538. The van der Waals surface area contributed by atoms with Gasteiger partial charge in [-0.05, 0) is 12.5 Å². The van der Waals surface area contributed by atoms with Gasteiger partial charge in [0.1, 0.15) is 6.26 Å². The number of amides is 2. The molecule has 1 spiro atoms. The highest BCUT2D eigenvalue weighted by atomic mass is 19.3. The van der Waals surface area contributed by atoms with E-state index in [0.717, 1.165) is 4.90 Å². The van der Waals surface area contributed by atoms with E-state index in [1.165, 1.54) is 18.6 Å². The van der Waals surface area contributed by atoms with E-state index >= 15 is 0 Å². The maximum Gasteiger partial charge on any atom is 0.266 e. The predicted octanol–water partition coefficient (Wildman–Crippen LogP) is 1.27. The Labute approximate surface area is 113 Å². The standard InChI is InChI=1S/C13H14F2N2O3/c14-13(15)6-12(2-3-16-11(12)19)7-17(8-13)10(18)9-1-4-20-5-9/h1,4-5H,2-3,6-8H2,(H,16,19)/t12-/m0/s1. The third-order valence-electron chi connectivity index (χ3n) is 3.94. The minimum absolute atomic E-state index is 0.0262. The molecule has 1 N–H and O–H groups in total. The summed E-state index contributed by atoms with van der Waals surface area (Å²) in [6.07, 6.45) is 2.36. The molecule has 2 fully saturated rings. The largest absolute Gasteiger partial charge is 0.472 e. The molecule has 1 aromatic rings. The van der Waals surface area contributed by atoms with E-state index in [0.29, 0.717) is 13.0 Å². The van der Waals surface area contributed by atoms with Gasteiger partial charge < -0.3 is 14.6 Å². The summed E-state index contributed by atoms with van der Waals surface area (Å²) in [5.41, 5.74) is -0.947. The Morgan fingerprint density at radius 2 is 2.20 bits per heavy atom. The van der Waals surface area contributed by atoms with E-state index in [1.54, 1.807) is 0 Å². The number of furan rings is 1. The molecule has 0 radical (unpaired) electrons. The number of carbonyl (C=O) groups is 2. The van der Waals surface area contributed by atoms with Crippen LogP contribution in [0.1, 0.15) is 23.2 Å². The van der Waals surface area contributed by atoms with Crippen molar-refractivity contribution in [3.8, 4) is 0 Å². The van der Waals surface area contributed by atoms with Gasteiger partial charge in [-0.25, -0.2) is 8.78 Å². The number of alkyl halides is 2. The van der Waals surface area contributed by atoms with Crippen molar-refractivity contribution in [3.05, 3.63) is 24.2 Å². The number of piperidine rings is 1. The second kappa shape index (κ2) is 4.29. The van der Waals surface area contributed by atoms with Gasteiger partial charge in [0.05, 0.1) is 23.8 Å². The lowest BCUT2D eigenvalue weighted by molar-refractivity contribution is -0.144. The SMILES string of the molecule is O=C(c1ccoc1)N1CC(F)(F)C[C@@]2(CCNC2=O)C1. The fourth-order valence-corrected chi connectivity index (χ4v) is 3.06. The highest BCUT2D eigenvalue weighted by Gasteiger charge is 2.55. The molecule has 108 valence electrons. The molecule has 0 bridgehead atoms. The van der Waals surface area contributed by atoms with E-state index < -0.39 is 30.2 Å². The number of hydrogen-bond acceptors (Lipinski definition) is 3. The zero-order valence-corrected chi connectivity index (χ0v) is 10.7. The molecule has 0 aromatic carbocycles. The number of rotatable bonds is 1. The first-order chi connectivity index (χ1) is 9.42. The smallest absolute Gasteiger partial charge is 0.266 e. The molecule has 2 aliphatic heterocycles. The van der Waals surface area contributed by atoms with Crippen LogP contribution in [0.5, 0.6) is 0 Å². The Balaban J connectivity index is 1.89. The van der Waals surface area contributed by atoms with Gasteiger partial charge in [0.15, 0.2) is 0 Å². The van der Waals surface area contributed by atoms with Crippen molar-refractivity contribution >= 4 is 11.8 Å². The monoisotopic (exact) mass is 284 g/mol. The zero-order chi connectivity index (χ0) is 14.4. The minimum Gasteiger partial charge on any atom is -0.472 e. The second-order valence-electron chi connectivity index (χ2n) is 5.49. The van der Waals surface area contributed by atoms with Crippen LogP contribution in [0, 0.1) is 5.41 Å². The Hall–Kier alpha value is -1.92. The van der Waals surface area contributed by atoms with Gasteiger partial charge in [0.25, 0.3) is 11.8 Å². The first-order valence-electron chi connectivity index (χ1n) is 6.40. The highest BCUT2D eigenvalue weighted by molar-refractivity contribution is 5.95. The molecule has 2 aliphatic rings. The lowest BCUT2D eigenvalue weighted by Crippen LogP contribution is -2.56. The predicted molar refractivity (Wildman–Crippen MR) is 64.2 cm³/mol. The average molecular weight is 284 g/mol. The third-order valence-corrected chi connectivity index (χ3v) is 3.94. The van der Waals surface area contributed by atoms with E-state index in [-0.39, 0.29) is 18.0 Å². The van der Waals surface area contributed by atoms with E-state index in [1.807, 2.05) is 0 Å². The van der Waals surface area contributed by atoms with E-state index in [9.17, 15) is 18.4 Å². The number of nitrogens with zero attached hydrogens (tertiary/aromatic N) is 1. The highest BCUT2D eigenvalue weighted by Crippen LogP contribution is 2.43. The van der Waals surface area contributed by atoms with Crippen molar-refractivity contribution in [3.63, 3.8) is 0 Å². The lowest BCUT2D eigenvalue weighted by Gasteiger charge is -2.42. The molecule has 0 aliphatic carbocycles. The molecule has 7 heteroatoms. The van der Waals surface area contributed by atoms with Crippen molar-refractivity contribution in [1.82, 2.24) is 10.2 Å². The maximum absolute atomic E-state index is 13.9. The van der Waals surface area contributed by atoms with Gasteiger partial charge in [0.2, 0.25) is 5.91 Å². The normalized spacial score (nSPS) is 28.7. The van der Waals surface area contributed by atoms with Gasteiger partial charge in [-0.15, -0.1) is 0 Å². The van der Waals surface area contributed by atoms with Crippen molar-refractivity contribution < 1.29 is 22.8 Å². The molecule has 1 atom stereocenters. The lowest BCUT2D eigenvalue weighted by atomic mass is 9.77. The van der Waals surface area contributed by atoms with Gasteiger partial charge in [-0.2, -0.15) is 0 Å². The van der Waals surface area contributed by atoms with Crippen LogP contribution in [0.4, 0.5) is 8.78 Å². The molecule has 0 saturated carbocycles. The van der Waals surface area contributed by atoms with Crippen LogP contribution in [-0.4, -0.2) is 42.3 Å². The summed E-state index contributed by atoms with van der Waals surface area (Å²) in [7, 11) is 0. The first kappa shape index (κ1) is 13.1. The van der Waals surface area contributed by atoms with Gasteiger partial charge in [-0.1, -0.05) is 0 Å². The zero-order valence-electron chi connectivity index (χ0n) is 10.7. The topological polar surface area (TPSA) is 62.6 Å². The van der Waals surface area contributed by atoms with Crippen LogP contribution in [0.15, 0.2) is 23.0 Å². The number of likely N-dealkylation sites (tertiary alicyclic amines) is 1. The van der Waals surface area contributed by atoms with Crippen molar-refractivity contribution in [2.24, 2.45) is 5.41 Å². The number of nitrogens with one attached hydrogen (secondary N) is 1. The van der Waals surface area contributed by atoms with Crippen LogP contribution in [0.2, 0.25) is 0 Å². The molecule has 0 unspecified atom stereocenters. The Morgan fingerprint density at radius 3 is 2.80 bits per heavy atom. The molecule has 2 amide bonds. The van der Waals surface area contributed by atoms with E-state index in [2.05, 4.69) is 5.32 Å². The summed E-state index contributed by atoms with van der Waals surface area (Å²) in [6.45, 7) is -0.257. The van der Waals surface area contributed by atoms with Crippen molar-refractivity contribution in [1.29, 1.82) is 0 Å². The van der Waals surface area contributed by atoms with E-state index in [4.69, 9.17) is 4.42 Å². The van der Waals surface area contributed by atoms with Gasteiger partial charge >= 0.3 is 0 Å². The molecular weight excluding hydrogens is 270 g/mol. The summed E-state index contributed by atoms with van der Waals surface area (Å²) >= 11 is 0. The summed E-state index contributed by atoms with van der Waals surface area (Å²) in [5.74, 6) is -3.97. The molecule has 3 heterocycles. The number of halogens is 2. The Bertz CT molecular complexity index is 544. The van der Waals surface area contributed by atoms with Crippen LogP contribution >= 0.6 is 0 Å². The summed E-state index contributed by atoms with van der Waals surface area (Å²) in [4.78, 5) is 25.1. The summed E-state index contributed by atoms with van der Waals surface area (Å²) in [6, 6.07) is 1.43. The molecule has 5 nitrogen and oxygen atoms in total. The van der Waals surface area contributed by atoms with Crippen LogP contribution < -0.4 is 5.32 Å². The first-order valence-corrected chi connectivity index (χ1v) is 6.40. The Morgan fingerprint density at radius 1 is 1.40 bits per heavy atom. The minimum atomic E-state index is -3.06. The Kier molecular flexibility index (Phi) is 2.81. The van der Waals surface area contributed by atoms with Crippen LogP contribution in [0.3, 0.4) is 0 Å². The number of hydrogen-bond donors (Lipinski definition) is 1. The van der Waals surface area contributed by atoms with Crippen LogP contribution in [-0.2, 0) is 4.79 Å². The number of carbonyl (C=O) groups excluding carboxylic acids is 2. The van der Waals surface area contributed by atoms with Crippen molar-refractivity contribution in [2.75, 3.05) is 19.6 Å². The molecule has 20 heavy (non-hydrogen) atoms. The van der Waals surface area contributed by atoms with Gasteiger partial charge in [0, 0.05) is 19.5 Å².